The van der Waals surface area contributed by atoms with Crippen LogP contribution in [0.3, 0.4) is 0 Å². The molecule has 0 amide bonds. The van der Waals surface area contributed by atoms with E-state index in [-0.39, 0.29) is 6.61 Å². The molecule has 2 aromatic rings. The van der Waals surface area contributed by atoms with Crippen molar-refractivity contribution in [3.63, 3.8) is 0 Å². The molecule has 0 aliphatic carbocycles. The molecular formula is C13H15ClN2O3. The summed E-state index contributed by atoms with van der Waals surface area (Å²) in [6, 6.07) is 1.69. The van der Waals surface area contributed by atoms with Crippen LogP contribution in [-0.4, -0.2) is 35.4 Å². The molecule has 0 aromatic carbocycles. The molecule has 1 atom stereocenters. The highest BCUT2D eigenvalue weighted by Crippen LogP contribution is 2.30. The van der Waals surface area contributed by atoms with Crippen molar-refractivity contribution in [3.8, 4) is 5.88 Å². The maximum Gasteiger partial charge on any atom is 0.222 e. The topological polar surface area (TPSA) is 64.5 Å². The van der Waals surface area contributed by atoms with E-state index >= 15 is 0 Å². The Balaban J connectivity index is 2.59. The Bertz CT molecular complexity index is 577. The number of aliphatic hydroxyl groups excluding tert-OH is 1. The van der Waals surface area contributed by atoms with E-state index in [9.17, 15) is 5.11 Å². The predicted octanol–water partition coefficient (Wildman–Crippen LogP) is 2.36. The van der Waals surface area contributed by atoms with Crippen molar-refractivity contribution in [3.05, 3.63) is 29.2 Å². The highest BCUT2D eigenvalue weighted by Gasteiger charge is 2.15. The number of nitrogens with zero attached hydrogens (tertiary/aromatic N) is 2. The first-order valence-corrected chi connectivity index (χ1v) is 6.29. The van der Waals surface area contributed by atoms with Gasteiger partial charge in [-0.25, -0.2) is 9.97 Å². The number of fused-ring (bicyclic) bond motifs is 1. The lowest BCUT2D eigenvalue weighted by molar-refractivity contribution is 0.0650. The molecule has 0 spiro atoms. The third kappa shape index (κ3) is 2.94. The zero-order valence-corrected chi connectivity index (χ0v) is 11.5. The Hall–Kier alpha value is -1.43. The van der Waals surface area contributed by atoms with Gasteiger partial charge in [0.2, 0.25) is 5.88 Å². The lowest BCUT2D eigenvalue weighted by atomic mass is 10.1. The Labute approximate surface area is 116 Å². The lowest BCUT2D eigenvalue weighted by Crippen LogP contribution is -2.07. The quantitative estimate of drug-likeness (QED) is 0.853. The maximum absolute atomic E-state index is 10.1. The molecule has 0 radical (unpaired) electrons. The Morgan fingerprint density at radius 1 is 1.32 bits per heavy atom. The minimum Gasteiger partial charge on any atom is -0.477 e. The number of aliphatic hydroxyl groups is 1. The standard InChI is InChI=1S/C13H15ClN2O3/c1-3-19-13-10-6-15-12(14)4-8(10)9(5-16-13)11(17)7-18-2/h4-6,11,17H,3,7H2,1-2H3. The molecule has 2 heterocycles. The lowest BCUT2D eigenvalue weighted by Gasteiger charge is -2.14. The normalized spacial score (nSPS) is 12.6. The van der Waals surface area contributed by atoms with E-state index in [1.54, 1.807) is 18.5 Å². The molecule has 0 fully saturated rings. The van der Waals surface area contributed by atoms with Crippen LogP contribution in [0.5, 0.6) is 5.88 Å². The second kappa shape index (κ2) is 6.14. The summed E-state index contributed by atoms with van der Waals surface area (Å²) in [6.07, 6.45) is 2.40. The fourth-order valence-corrected chi connectivity index (χ4v) is 2.03. The first-order valence-electron chi connectivity index (χ1n) is 5.91. The molecule has 0 aliphatic rings. The van der Waals surface area contributed by atoms with Gasteiger partial charge in [-0.3, -0.25) is 0 Å². The fraction of sp³-hybridized carbons (Fsp3) is 0.385. The molecule has 2 rings (SSSR count). The van der Waals surface area contributed by atoms with E-state index < -0.39 is 6.10 Å². The Morgan fingerprint density at radius 3 is 2.79 bits per heavy atom. The van der Waals surface area contributed by atoms with Crippen LogP contribution in [0, 0.1) is 0 Å². The number of hydrogen-bond donors (Lipinski definition) is 1. The third-order valence-corrected chi connectivity index (χ3v) is 2.90. The smallest absolute Gasteiger partial charge is 0.222 e. The fourth-order valence-electron chi connectivity index (χ4n) is 1.87. The van der Waals surface area contributed by atoms with Crippen molar-refractivity contribution < 1.29 is 14.6 Å². The molecule has 1 unspecified atom stereocenters. The Kier molecular flexibility index (Phi) is 4.52. The van der Waals surface area contributed by atoms with Crippen molar-refractivity contribution in [2.24, 2.45) is 0 Å². The minimum absolute atomic E-state index is 0.185. The van der Waals surface area contributed by atoms with Crippen LogP contribution >= 0.6 is 11.6 Å². The monoisotopic (exact) mass is 282 g/mol. The maximum atomic E-state index is 10.1. The van der Waals surface area contributed by atoms with E-state index in [2.05, 4.69) is 9.97 Å². The number of halogens is 1. The average Bonchev–Trinajstić information content (AvgIpc) is 2.39. The van der Waals surface area contributed by atoms with Crippen molar-refractivity contribution in [1.29, 1.82) is 0 Å². The molecule has 0 saturated heterocycles. The van der Waals surface area contributed by atoms with Crippen LogP contribution in [0.2, 0.25) is 5.15 Å². The predicted molar refractivity (Wildman–Crippen MR) is 72.6 cm³/mol. The molecule has 0 bridgehead atoms. The summed E-state index contributed by atoms with van der Waals surface area (Å²) in [4.78, 5) is 8.24. The van der Waals surface area contributed by atoms with E-state index in [4.69, 9.17) is 21.1 Å². The van der Waals surface area contributed by atoms with Crippen LogP contribution in [0.1, 0.15) is 18.6 Å². The van der Waals surface area contributed by atoms with E-state index in [0.717, 1.165) is 10.8 Å². The number of methoxy groups -OCH3 is 1. The number of ether oxygens (including phenoxy) is 2. The van der Waals surface area contributed by atoms with Gasteiger partial charge in [-0.05, 0) is 18.4 Å². The van der Waals surface area contributed by atoms with E-state index in [0.29, 0.717) is 23.2 Å². The minimum atomic E-state index is -0.769. The summed E-state index contributed by atoms with van der Waals surface area (Å²) in [5.41, 5.74) is 0.643. The van der Waals surface area contributed by atoms with Gasteiger partial charge in [-0.2, -0.15) is 0 Å². The van der Waals surface area contributed by atoms with Crippen molar-refractivity contribution in [1.82, 2.24) is 9.97 Å². The Morgan fingerprint density at radius 2 is 2.11 bits per heavy atom. The average molecular weight is 283 g/mol. The first-order chi connectivity index (χ1) is 9.17. The summed E-state index contributed by atoms with van der Waals surface area (Å²) < 4.78 is 10.4. The van der Waals surface area contributed by atoms with Crippen LogP contribution in [0.4, 0.5) is 0 Å². The molecule has 5 nitrogen and oxygen atoms in total. The van der Waals surface area contributed by atoms with Crippen molar-refractivity contribution in [2.45, 2.75) is 13.0 Å². The van der Waals surface area contributed by atoms with Crippen LogP contribution in [-0.2, 0) is 4.74 Å². The zero-order chi connectivity index (χ0) is 13.8. The van der Waals surface area contributed by atoms with Gasteiger partial charge in [-0.15, -0.1) is 0 Å². The summed E-state index contributed by atoms with van der Waals surface area (Å²) in [6.45, 7) is 2.57. The second-order valence-corrected chi connectivity index (χ2v) is 4.36. The molecule has 19 heavy (non-hydrogen) atoms. The third-order valence-electron chi connectivity index (χ3n) is 2.70. The number of pyridine rings is 2. The van der Waals surface area contributed by atoms with E-state index in [1.165, 1.54) is 7.11 Å². The highest BCUT2D eigenvalue weighted by molar-refractivity contribution is 6.30. The van der Waals surface area contributed by atoms with E-state index in [1.807, 2.05) is 6.92 Å². The van der Waals surface area contributed by atoms with Gasteiger partial charge in [-0.1, -0.05) is 11.6 Å². The van der Waals surface area contributed by atoms with Gasteiger partial charge >= 0.3 is 0 Å². The SMILES string of the molecule is CCOc1ncc(C(O)COC)c2cc(Cl)ncc12. The first kappa shape index (κ1) is 14.0. The van der Waals surface area contributed by atoms with Gasteiger partial charge in [0.15, 0.2) is 0 Å². The van der Waals surface area contributed by atoms with Crippen molar-refractivity contribution >= 4 is 22.4 Å². The molecule has 2 aromatic heterocycles. The molecule has 6 heteroatoms. The second-order valence-electron chi connectivity index (χ2n) is 3.98. The van der Waals surface area contributed by atoms with Gasteiger partial charge in [0.25, 0.3) is 0 Å². The molecule has 102 valence electrons. The zero-order valence-electron chi connectivity index (χ0n) is 10.8. The van der Waals surface area contributed by atoms with Gasteiger partial charge in [0, 0.05) is 25.1 Å². The van der Waals surface area contributed by atoms with Crippen LogP contribution in [0.15, 0.2) is 18.5 Å². The summed E-state index contributed by atoms with van der Waals surface area (Å²) >= 11 is 5.92. The largest absolute Gasteiger partial charge is 0.477 e. The summed E-state index contributed by atoms with van der Waals surface area (Å²) in [7, 11) is 1.53. The molecular weight excluding hydrogens is 268 g/mol. The highest BCUT2D eigenvalue weighted by atomic mass is 35.5. The van der Waals surface area contributed by atoms with Gasteiger partial charge in [0.05, 0.1) is 18.6 Å². The molecule has 0 saturated carbocycles. The van der Waals surface area contributed by atoms with Crippen LogP contribution < -0.4 is 4.74 Å². The van der Waals surface area contributed by atoms with Crippen LogP contribution in [0.25, 0.3) is 10.8 Å². The number of hydrogen-bond acceptors (Lipinski definition) is 5. The number of rotatable bonds is 5. The van der Waals surface area contributed by atoms with Gasteiger partial charge < -0.3 is 14.6 Å². The molecule has 0 aliphatic heterocycles. The van der Waals surface area contributed by atoms with Crippen molar-refractivity contribution in [2.75, 3.05) is 20.3 Å². The van der Waals surface area contributed by atoms with Gasteiger partial charge in [0.1, 0.15) is 11.3 Å². The number of aromatic nitrogens is 2. The summed E-state index contributed by atoms with van der Waals surface area (Å²) in [5.74, 6) is 0.482. The summed E-state index contributed by atoms with van der Waals surface area (Å²) in [5, 5.41) is 11.9. The molecule has 1 N–H and O–H groups in total.